The van der Waals surface area contributed by atoms with Gasteiger partial charge in [0.15, 0.2) is 11.3 Å². The first-order valence-electron chi connectivity index (χ1n) is 18.4. The Hall–Kier alpha value is -4.28. The molecule has 0 aromatic heterocycles. The van der Waals surface area contributed by atoms with E-state index in [0.29, 0.717) is 45.3 Å². The number of hydrogen-bond acceptors (Lipinski definition) is 12. The normalized spacial score (nSPS) is 16.6. The third-order valence-corrected chi connectivity index (χ3v) is 9.63. The van der Waals surface area contributed by atoms with Gasteiger partial charge in [-0.2, -0.15) is 0 Å². The van der Waals surface area contributed by atoms with Gasteiger partial charge in [-0.25, -0.2) is 19.6 Å². The molecule has 0 atom stereocenters. The van der Waals surface area contributed by atoms with E-state index in [1.807, 2.05) is 0 Å². The molecule has 0 aromatic rings. The molecule has 4 aliphatic rings. The molecule has 4 heterocycles. The van der Waals surface area contributed by atoms with E-state index in [1.165, 1.54) is 0 Å². The van der Waals surface area contributed by atoms with E-state index in [1.54, 1.807) is 0 Å². The smallest absolute Gasteiger partial charge is 0.545 e. The number of carboxylic acid groups (broad SMARTS) is 2. The second kappa shape index (κ2) is 21.7. The Kier molecular flexibility index (Phi) is 18.5. The molecule has 0 fully saturated rings. The first kappa shape index (κ1) is 46.9. The summed E-state index contributed by atoms with van der Waals surface area (Å²) in [6.07, 6.45) is 19.0. The predicted molar refractivity (Wildman–Crippen MR) is 190 cm³/mol. The van der Waals surface area contributed by atoms with E-state index < -0.39 is 70.5 Å². The van der Waals surface area contributed by atoms with E-state index in [0.717, 1.165) is 113 Å². The van der Waals surface area contributed by atoms with Crippen molar-refractivity contribution in [3.63, 3.8) is 0 Å². The first-order chi connectivity index (χ1) is 25.7. The molecule has 55 heavy (non-hydrogen) atoms. The van der Waals surface area contributed by atoms with Gasteiger partial charge < -0.3 is 19.8 Å². The predicted octanol–water partition coefficient (Wildman–Crippen LogP) is 0.466. The Morgan fingerprint density at radius 3 is 0.764 bits per heavy atom. The molecule has 0 aromatic carbocycles. The van der Waals surface area contributed by atoms with E-state index in [9.17, 15) is 58.2 Å². The molecule has 4 rings (SSSR count). The fraction of sp³-hybridized carbons (Fsp3) is 0.526. The zero-order valence-electron chi connectivity index (χ0n) is 31.3. The van der Waals surface area contributed by atoms with Gasteiger partial charge in [0.05, 0.1) is 11.9 Å². The molecule has 292 valence electrons. The minimum atomic E-state index is -2.46. The molecule has 0 aliphatic carbocycles. The molecule has 0 saturated carbocycles. The zero-order chi connectivity index (χ0) is 40.1. The van der Waals surface area contributed by atoms with Gasteiger partial charge in [0.1, 0.15) is 0 Å². The Morgan fingerprint density at radius 2 is 0.582 bits per heavy atom. The van der Waals surface area contributed by atoms with Crippen LogP contribution >= 0.6 is 0 Å². The number of unbranched alkanes of at least 4 members (excludes halogenated alkanes) is 12. The van der Waals surface area contributed by atoms with Gasteiger partial charge in [-0.15, -0.1) is 0 Å². The summed E-state index contributed by atoms with van der Waals surface area (Å²) in [4.78, 5) is 123. The van der Waals surface area contributed by atoms with Crippen LogP contribution in [0, 0.1) is 0 Å². The largest absolute Gasteiger partial charge is 2.00 e. The summed E-state index contributed by atoms with van der Waals surface area (Å²) in [5, 5.41) is 24.2. The van der Waals surface area contributed by atoms with Crippen LogP contribution in [0.15, 0.2) is 48.6 Å². The third kappa shape index (κ3) is 10.5. The van der Waals surface area contributed by atoms with Crippen LogP contribution in [0.1, 0.15) is 117 Å². The summed E-state index contributed by atoms with van der Waals surface area (Å²) >= 11 is 0. The first-order valence-corrected chi connectivity index (χ1v) is 18.4. The second-order valence-electron chi connectivity index (χ2n) is 13.3. The van der Waals surface area contributed by atoms with Crippen LogP contribution in [-0.4, -0.2) is 128 Å². The van der Waals surface area contributed by atoms with Gasteiger partial charge in [-0.3, -0.25) is 38.4 Å². The number of nitrogens with zero attached hydrogens (tertiary/aromatic N) is 4. The molecule has 0 saturated heterocycles. The van der Waals surface area contributed by atoms with Gasteiger partial charge in [0, 0.05) is 48.6 Å². The maximum absolute atomic E-state index is 12.2. The van der Waals surface area contributed by atoms with Crippen LogP contribution in [0.25, 0.3) is 0 Å². The summed E-state index contributed by atoms with van der Waals surface area (Å²) in [5.41, 5.74) is -4.92. The number of imide groups is 4. The number of hydrogen-bond donors (Lipinski definition) is 0. The van der Waals surface area contributed by atoms with E-state index in [-0.39, 0.29) is 50.6 Å². The molecular weight excluding hydrogens is 745 g/mol. The van der Waals surface area contributed by atoms with Crippen LogP contribution < -0.4 is 10.2 Å². The Bertz CT molecular complexity index is 1390. The molecule has 0 unspecified atom stereocenters. The van der Waals surface area contributed by atoms with Gasteiger partial charge >= 0.3 is 37.7 Å². The summed E-state index contributed by atoms with van der Waals surface area (Å²) in [7, 11) is 0. The van der Waals surface area contributed by atoms with Crippen molar-refractivity contribution in [1.82, 2.24) is 19.6 Å². The molecule has 0 bridgehead atoms. The number of carboxylic acids is 2. The van der Waals surface area contributed by atoms with Crippen LogP contribution in [0.3, 0.4) is 0 Å². The van der Waals surface area contributed by atoms with Crippen molar-refractivity contribution in [3.8, 4) is 0 Å². The second-order valence-corrected chi connectivity index (χ2v) is 13.3. The minimum absolute atomic E-state index is 0. The van der Waals surface area contributed by atoms with Crippen molar-refractivity contribution in [2.45, 2.75) is 128 Å². The standard InChI is InChI=1S/2C19H24N2O6.Ca/c2*1-2-3-4-5-6-7-8-13-19(18(26)27,20-14(22)9-10-15(20)23)21-16(24)11-12-17(21)25;/h2*9-12H,2-8,13H2,1H3,(H,26,27);/q;;+2/p-2. The molecular formula is C38H46CaN4O12. The van der Waals surface area contributed by atoms with Crippen molar-refractivity contribution in [2.24, 2.45) is 0 Å². The van der Waals surface area contributed by atoms with Gasteiger partial charge in [-0.1, -0.05) is 90.9 Å². The Labute approximate surface area is 349 Å². The van der Waals surface area contributed by atoms with Crippen molar-refractivity contribution < 1.29 is 58.2 Å². The SMILES string of the molecule is CCCCCCCCCC(C(=O)[O-])(N1C(=O)C=CC1=O)N1C(=O)C=CC1=O.CCCCCCCCCC(C(=O)[O-])(N1C(=O)C=CC1=O)N1C(=O)C=CC1=O.[Ca+2]. The molecule has 0 radical (unpaired) electrons. The number of rotatable bonds is 22. The molecule has 8 amide bonds. The van der Waals surface area contributed by atoms with Crippen molar-refractivity contribution >= 4 is 96.9 Å². The van der Waals surface area contributed by atoms with Crippen LogP contribution in [0.5, 0.6) is 0 Å². The Balaban J connectivity index is 0.000000373. The van der Waals surface area contributed by atoms with Crippen LogP contribution in [0.2, 0.25) is 0 Å². The van der Waals surface area contributed by atoms with E-state index >= 15 is 0 Å². The van der Waals surface area contributed by atoms with Crippen LogP contribution in [0.4, 0.5) is 0 Å². The maximum Gasteiger partial charge on any atom is 2.00 e. The monoisotopic (exact) mass is 790 g/mol. The molecule has 0 N–H and O–H groups in total. The number of carbonyl (C=O) groups excluding carboxylic acids is 10. The molecule has 16 nitrogen and oxygen atoms in total. The van der Waals surface area contributed by atoms with Gasteiger partial charge in [-0.05, 0) is 25.7 Å². The summed E-state index contributed by atoms with van der Waals surface area (Å²) in [5.74, 6) is -10.8. The summed E-state index contributed by atoms with van der Waals surface area (Å²) in [6, 6.07) is 0. The minimum Gasteiger partial charge on any atom is -0.545 e. The fourth-order valence-electron chi connectivity index (χ4n) is 6.93. The quantitative estimate of drug-likeness (QED) is 0.0828. The summed E-state index contributed by atoms with van der Waals surface area (Å²) in [6.45, 7) is 4.20. The number of aliphatic carboxylic acids is 2. The Morgan fingerprint density at radius 1 is 0.400 bits per heavy atom. The fourth-order valence-corrected chi connectivity index (χ4v) is 6.93. The van der Waals surface area contributed by atoms with E-state index in [4.69, 9.17) is 0 Å². The zero-order valence-corrected chi connectivity index (χ0v) is 33.5. The third-order valence-electron chi connectivity index (χ3n) is 9.63. The van der Waals surface area contributed by atoms with Crippen molar-refractivity contribution in [3.05, 3.63) is 48.6 Å². The average Bonchev–Trinajstić information content (AvgIpc) is 3.86. The van der Waals surface area contributed by atoms with Gasteiger partial charge in [0.2, 0.25) is 0 Å². The van der Waals surface area contributed by atoms with Gasteiger partial charge in [0.25, 0.3) is 47.3 Å². The number of amides is 8. The number of carbonyl (C=O) groups is 10. The van der Waals surface area contributed by atoms with E-state index in [2.05, 4.69) is 13.8 Å². The summed E-state index contributed by atoms with van der Waals surface area (Å²) < 4.78 is 0. The van der Waals surface area contributed by atoms with Crippen LogP contribution in [-0.2, 0) is 47.9 Å². The van der Waals surface area contributed by atoms with Crippen molar-refractivity contribution in [1.29, 1.82) is 0 Å². The average molecular weight is 791 g/mol. The molecule has 4 aliphatic heterocycles. The van der Waals surface area contributed by atoms with Crippen molar-refractivity contribution in [2.75, 3.05) is 0 Å². The maximum atomic E-state index is 12.2. The molecule has 0 spiro atoms. The topological polar surface area (TPSA) is 230 Å². The molecule has 17 heteroatoms.